The third-order valence-corrected chi connectivity index (χ3v) is 7.50. The molecule has 4 aliphatic rings. The van der Waals surface area contributed by atoms with E-state index in [4.69, 9.17) is 9.47 Å². The Kier molecular flexibility index (Phi) is 3.87. The Balaban J connectivity index is 1.28. The van der Waals surface area contributed by atoms with Crippen LogP contribution in [0.15, 0.2) is 24.5 Å². The van der Waals surface area contributed by atoms with Gasteiger partial charge in [-0.1, -0.05) is 13.0 Å². The van der Waals surface area contributed by atoms with Gasteiger partial charge in [-0.2, -0.15) is 0 Å². The molecule has 6 atom stereocenters. The van der Waals surface area contributed by atoms with Crippen LogP contribution in [0, 0.1) is 23.2 Å². The summed E-state index contributed by atoms with van der Waals surface area (Å²) in [7, 11) is 0. The summed E-state index contributed by atoms with van der Waals surface area (Å²) in [5, 5.41) is 3.45. The molecule has 2 aliphatic carbocycles. The average molecular weight is 356 g/mol. The topological polar surface area (TPSA) is 63.8 Å². The molecule has 1 N–H and O–H groups in total. The summed E-state index contributed by atoms with van der Waals surface area (Å²) in [6.07, 6.45) is 9.52. The number of carbonyl (C=O) groups is 1. The number of fused-ring (bicyclic) bond motifs is 3. The van der Waals surface area contributed by atoms with Crippen molar-refractivity contribution in [2.24, 2.45) is 23.2 Å². The van der Waals surface area contributed by atoms with Gasteiger partial charge in [0.25, 0.3) is 0 Å². The van der Waals surface area contributed by atoms with Gasteiger partial charge in [-0.3, -0.25) is 9.78 Å². The van der Waals surface area contributed by atoms with Crippen molar-refractivity contribution in [3.8, 4) is 0 Å². The first-order chi connectivity index (χ1) is 12.6. The zero-order valence-electron chi connectivity index (χ0n) is 15.4. The van der Waals surface area contributed by atoms with E-state index in [1.54, 1.807) is 6.20 Å². The fourth-order valence-corrected chi connectivity index (χ4v) is 6.06. The standard InChI is InChI=1S/C21H28N2O3/c1-20-5-3-6-21(13-25-21)18(20)8-15-16(19(24)26-17(15)9-20)12-23-11-14-4-2-7-22-10-14/h2,4,7,10,15-18,23H,3,5-6,8-9,11-13H2,1H3/t15-,16-,17+,18-,20+,21-/m0/s1. The molecule has 2 aliphatic heterocycles. The Morgan fingerprint density at radius 2 is 2.27 bits per heavy atom. The lowest BCUT2D eigenvalue weighted by atomic mass is 9.53. The molecule has 5 nitrogen and oxygen atoms in total. The number of epoxide rings is 1. The van der Waals surface area contributed by atoms with Gasteiger partial charge in [0.1, 0.15) is 6.10 Å². The zero-order valence-corrected chi connectivity index (χ0v) is 15.4. The van der Waals surface area contributed by atoms with E-state index in [1.807, 2.05) is 12.3 Å². The van der Waals surface area contributed by atoms with Crippen LogP contribution in [0.25, 0.3) is 0 Å². The monoisotopic (exact) mass is 356 g/mol. The SMILES string of the molecule is C[C@]12CCC[C@]3(CO3)[C@H]1C[C@H]1[C@H](CNCc3cccnc3)C(=O)O[C@@H]1C2. The Hall–Kier alpha value is -1.46. The number of pyridine rings is 1. The van der Waals surface area contributed by atoms with Gasteiger partial charge < -0.3 is 14.8 Å². The Morgan fingerprint density at radius 1 is 1.38 bits per heavy atom. The highest BCUT2D eigenvalue weighted by Gasteiger charge is 2.64. The first-order valence-corrected chi connectivity index (χ1v) is 10.0. The Morgan fingerprint density at radius 3 is 3.04 bits per heavy atom. The van der Waals surface area contributed by atoms with Gasteiger partial charge in [0.05, 0.1) is 18.1 Å². The number of hydrogen-bond acceptors (Lipinski definition) is 5. The van der Waals surface area contributed by atoms with E-state index in [1.165, 1.54) is 19.3 Å². The lowest BCUT2D eigenvalue weighted by molar-refractivity contribution is -0.147. The van der Waals surface area contributed by atoms with Gasteiger partial charge in [-0.25, -0.2) is 0 Å². The summed E-state index contributed by atoms with van der Waals surface area (Å²) in [5.41, 5.74) is 1.54. The minimum absolute atomic E-state index is 0.00769. The first-order valence-electron chi connectivity index (χ1n) is 10.0. The fraction of sp³-hybridized carbons (Fsp3) is 0.714. The van der Waals surface area contributed by atoms with Crippen molar-refractivity contribution in [2.45, 2.75) is 57.3 Å². The number of nitrogens with zero attached hydrogens (tertiary/aromatic N) is 1. The Labute approximate surface area is 154 Å². The highest BCUT2D eigenvalue weighted by Crippen LogP contribution is 2.62. The van der Waals surface area contributed by atoms with Gasteiger partial charge in [0.15, 0.2) is 0 Å². The molecular weight excluding hydrogens is 328 g/mol. The summed E-state index contributed by atoms with van der Waals surface area (Å²) in [6, 6.07) is 4.00. The molecular formula is C21H28N2O3. The van der Waals surface area contributed by atoms with Crippen LogP contribution >= 0.6 is 0 Å². The van der Waals surface area contributed by atoms with Crippen LogP contribution in [0.1, 0.15) is 44.6 Å². The molecule has 3 heterocycles. The molecule has 1 aromatic rings. The van der Waals surface area contributed by atoms with Crippen molar-refractivity contribution >= 4 is 5.97 Å². The maximum atomic E-state index is 12.6. The summed E-state index contributed by atoms with van der Waals surface area (Å²) in [5.74, 6) is 0.882. The fourth-order valence-electron chi connectivity index (χ4n) is 6.06. The smallest absolute Gasteiger partial charge is 0.310 e. The molecule has 0 aromatic carbocycles. The number of rotatable bonds is 4. The Bertz CT molecular complexity index is 690. The molecule has 2 saturated carbocycles. The predicted molar refractivity (Wildman–Crippen MR) is 96.2 cm³/mol. The average Bonchev–Trinajstić information content (AvgIpc) is 3.33. The maximum Gasteiger partial charge on any atom is 0.310 e. The molecule has 0 radical (unpaired) electrons. The zero-order chi connectivity index (χ0) is 17.8. The summed E-state index contributed by atoms with van der Waals surface area (Å²) in [6.45, 7) is 4.75. The summed E-state index contributed by atoms with van der Waals surface area (Å²) in [4.78, 5) is 16.7. The summed E-state index contributed by atoms with van der Waals surface area (Å²) < 4.78 is 11.8. The number of nitrogens with one attached hydrogen (secondary N) is 1. The third kappa shape index (κ3) is 2.67. The number of carbonyl (C=O) groups excluding carboxylic acids is 1. The first kappa shape index (κ1) is 16.7. The lowest BCUT2D eigenvalue weighted by Crippen LogP contribution is -2.51. The maximum absolute atomic E-state index is 12.6. The number of aromatic nitrogens is 1. The summed E-state index contributed by atoms with van der Waals surface area (Å²) >= 11 is 0. The van der Waals surface area contributed by atoms with Crippen LogP contribution in [0.4, 0.5) is 0 Å². The molecule has 5 heteroatoms. The van der Waals surface area contributed by atoms with Gasteiger partial charge >= 0.3 is 5.97 Å². The molecule has 0 unspecified atom stereocenters. The number of ether oxygens (including phenoxy) is 2. The number of esters is 1. The minimum Gasteiger partial charge on any atom is -0.462 e. The predicted octanol–water partition coefficient (Wildman–Crippen LogP) is 2.70. The molecule has 1 spiro atoms. The van der Waals surface area contributed by atoms with Crippen molar-refractivity contribution in [3.05, 3.63) is 30.1 Å². The van der Waals surface area contributed by atoms with Crippen LogP contribution in [0.2, 0.25) is 0 Å². The highest BCUT2D eigenvalue weighted by atomic mass is 16.6. The van der Waals surface area contributed by atoms with Crippen molar-refractivity contribution in [2.75, 3.05) is 13.2 Å². The molecule has 140 valence electrons. The van der Waals surface area contributed by atoms with E-state index in [-0.39, 0.29) is 29.0 Å². The van der Waals surface area contributed by atoms with E-state index < -0.39 is 0 Å². The van der Waals surface area contributed by atoms with Crippen molar-refractivity contribution in [1.82, 2.24) is 10.3 Å². The van der Waals surface area contributed by atoms with Crippen molar-refractivity contribution in [1.29, 1.82) is 0 Å². The lowest BCUT2D eigenvalue weighted by Gasteiger charge is -2.51. The molecule has 4 fully saturated rings. The van der Waals surface area contributed by atoms with E-state index in [0.717, 1.165) is 31.6 Å². The third-order valence-electron chi connectivity index (χ3n) is 7.50. The van der Waals surface area contributed by atoms with E-state index in [2.05, 4.69) is 23.3 Å². The molecule has 2 saturated heterocycles. The van der Waals surface area contributed by atoms with E-state index in [9.17, 15) is 4.79 Å². The van der Waals surface area contributed by atoms with Crippen LogP contribution in [0.3, 0.4) is 0 Å². The van der Waals surface area contributed by atoms with Gasteiger partial charge in [0, 0.05) is 31.4 Å². The molecule has 26 heavy (non-hydrogen) atoms. The van der Waals surface area contributed by atoms with E-state index >= 15 is 0 Å². The molecule has 5 rings (SSSR count). The minimum atomic E-state index is -0.0288. The van der Waals surface area contributed by atoms with Gasteiger partial charge in [-0.15, -0.1) is 0 Å². The number of hydrogen-bond donors (Lipinski definition) is 1. The second-order valence-corrected chi connectivity index (χ2v) is 9.09. The largest absolute Gasteiger partial charge is 0.462 e. The quantitative estimate of drug-likeness (QED) is 0.664. The van der Waals surface area contributed by atoms with Crippen LogP contribution in [-0.2, 0) is 20.8 Å². The van der Waals surface area contributed by atoms with Crippen LogP contribution < -0.4 is 5.32 Å². The van der Waals surface area contributed by atoms with E-state index in [0.29, 0.717) is 18.4 Å². The van der Waals surface area contributed by atoms with Gasteiger partial charge in [0.2, 0.25) is 0 Å². The second kappa shape index (κ2) is 6.03. The normalized spacial score (nSPS) is 43.7. The van der Waals surface area contributed by atoms with Crippen molar-refractivity contribution < 1.29 is 14.3 Å². The highest BCUT2D eigenvalue weighted by molar-refractivity contribution is 5.75. The molecule has 1 aromatic heterocycles. The van der Waals surface area contributed by atoms with Gasteiger partial charge in [-0.05, 0) is 55.1 Å². The molecule has 0 amide bonds. The molecule has 0 bridgehead atoms. The second-order valence-electron chi connectivity index (χ2n) is 9.09. The van der Waals surface area contributed by atoms with Crippen LogP contribution in [0.5, 0.6) is 0 Å². The van der Waals surface area contributed by atoms with Crippen molar-refractivity contribution in [3.63, 3.8) is 0 Å². The van der Waals surface area contributed by atoms with Crippen LogP contribution in [-0.4, -0.2) is 35.8 Å².